The number of hydrogen-bond donors (Lipinski definition) is 0. The number of halogens is 1. The van der Waals surface area contributed by atoms with Crippen molar-refractivity contribution < 1.29 is 18.7 Å². The van der Waals surface area contributed by atoms with Gasteiger partial charge < -0.3 is 4.74 Å². The van der Waals surface area contributed by atoms with Crippen LogP contribution in [0.5, 0.6) is 0 Å². The minimum Gasteiger partial charge on any atom is -0.459 e. The van der Waals surface area contributed by atoms with Crippen molar-refractivity contribution in [2.45, 2.75) is 0 Å². The van der Waals surface area contributed by atoms with Crippen LogP contribution in [-0.4, -0.2) is 25.0 Å². The molecule has 0 saturated heterocycles. The summed E-state index contributed by atoms with van der Waals surface area (Å²) in [7, 11) is 0. The highest BCUT2D eigenvalue weighted by atomic mass is 19.1. The molecular formula is C11H8FNO3. The molecule has 0 aliphatic heterocycles. The van der Waals surface area contributed by atoms with Gasteiger partial charge in [0.15, 0.2) is 5.78 Å². The first-order chi connectivity index (χ1) is 7.69. The highest BCUT2D eigenvalue weighted by molar-refractivity contribution is 6.03. The minimum absolute atomic E-state index is 0.224. The predicted molar refractivity (Wildman–Crippen MR) is 52.9 cm³/mol. The lowest BCUT2D eigenvalue weighted by molar-refractivity contribution is -0.138. The molecule has 0 bridgehead atoms. The smallest absolute Gasteiger partial charge is 0.349 e. The predicted octanol–water partition coefficient (Wildman–Crippen LogP) is 1.01. The lowest BCUT2D eigenvalue weighted by Gasteiger charge is -2.04. The molecule has 1 aliphatic rings. The van der Waals surface area contributed by atoms with E-state index < -0.39 is 12.6 Å². The topological polar surface area (TPSA) is 67.2 Å². The largest absolute Gasteiger partial charge is 0.459 e. The van der Waals surface area contributed by atoms with Gasteiger partial charge >= 0.3 is 5.97 Å². The highest BCUT2D eigenvalue weighted by Gasteiger charge is 2.15. The van der Waals surface area contributed by atoms with E-state index in [1.807, 2.05) is 0 Å². The molecule has 0 fully saturated rings. The van der Waals surface area contributed by atoms with Gasteiger partial charge in [0, 0.05) is 0 Å². The first-order valence-electron chi connectivity index (χ1n) is 4.46. The molecule has 0 atom stereocenters. The van der Waals surface area contributed by atoms with Crippen LogP contribution in [0.25, 0.3) is 0 Å². The molecule has 0 radical (unpaired) electrons. The number of ether oxygens (including phenoxy) is 1. The van der Waals surface area contributed by atoms with Gasteiger partial charge in [-0.15, -0.1) is 0 Å². The summed E-state index contributed by atoms with van der Waals surface area (Å²) >= 11 is 0. The van der Waals surface area contributed by atoms with E-state index in [-0.39, 0.29) is 23.5 Å². The van der Waals surface area contributed by atoms with Gasteiger partial charge in [-0.05, 0) is 29.9 Å². The standard InChI is InChI=1S/C11H8FNO3/c12-5-6-16-11(15)10(7-13)8-1-3-9(14)4-2-8/h1-4H,5-6H2. The van der Waals surface area contributed by atoms with Gasteiger partial charge in [-0.3, -0.25) is 4.79 Å². The van der Waals surface area contributed by atoms with Crippen molar-refractivity contribution in [1.29, 1.82) is 5.26 Å². The van der Waals surface area contributed by atoms with E-state index in [1.54, 1.807) is 6.07 Å². The van der Waals surface area contributed by atoms with Gasteiger partial charge in [-0.2, -0.15) is 5.26 Å². The van der Waals surface area contributed by atoms with Crippen LogP contribution in [0.3, 0.4) is 0 Å². The molecule has 5 heteroatoms. The fourth-order valence-electron chi connectivity index (χ4n) is 1.05. The Bertz CT molecular complexity index is 423. The maximum atomic E-state index is 11.8. The summed E-state index contributed by atoms with van der Waals surface area (Å²) in [6.07, 6.45) is 5.15. The third-order valence-corrected chi connectivity index (χ3v) is 1.77. The number of carbonyl (C=O) groups is 2. The number of alkyl halides is 1. The lowest BCUT2D eigenvalue weighted by Crippen LogP contribution is -2.11. The second-order valence-electron chi connectivity index (χ2n) is 2.84. The molecule has 0 N–H and O–H groups in total. The number of allylic oxidation sites excluding steroid dienone is 5. The molecule has 0 amide bonds. The van der Waals surface area contributed by atoms with E-state index in [1.165, 1.54) is 24.3 Å². The molecular weight excluding hydrogens is 213 g/mol. The van der Waals surface area contributed by atoms with Gasteiger partial charge in [0.2, 0.25) is 0 Å². The zero-order valence-electron chi connectivity index (χ0n) is 8.27. The normalized spacial score (nSPS) is 13.5. The number of ketones is 1. The van der Waals surface area contributed by atoms with Crippen LogP contribution < -0.4 is 0 Å². The second-order valence-corrected chi connectivity index (χ2v) is 2.84. The molecule has 0 unspecified atom stereocenters. The number of esters is 1. The van der Waals surface area contributed by atoms with Crippen molar-refractivity contribution in [3.63, 3.8) is 0 Å². The first-order valence-corrected chi connectivity index (χ1v) is 4.46. The Kier molecular flexibility index (Phi) is 4.16. The van der Waals surface area contributed by atoms with Crippen LogP contribution in [0.15, 0.2) is 35.5 Å². The third kappa shape index (κ3) is 2.89. The van der Waals surface area contributed by atoms with E-state index in [4.69, 9.17) is 5.26 Å². The minimum atomic E-state index is -0.890. The van der Waals surface area contributed by atoms with Gasteiger partial charge in [-0.1, -0.05) is 0 Å². The van der Waals surface area contributed by atoms with Crippen molar-refractivity contribution in [2.24, 2.45) is 0 Å². The molecule has 0 heterocycles. The van der Waals surface area contributed by atoms with Crippen LogP contribution in [0.1, 0.15) is 0 Å². The Morgan fingerprint density at radius 3 is 2.50 bits per heavy atom. The molecule has 1 aliphatic carbocycles. The lowest BCUT2D eigenvalue weighted by atomic mass is 10.0. The summed E-state index contributed by atoms with van der Waals surface area (Å²) in [4.78, 5) is 22.1. The summed E-state index contributed by atoms with van der Waals surface area (Å²) in [5, 5.41) is 8.76. The second kappa shape index (κ2) is 5.61. The number of hydrogen-bond acceptors (Lipinski definition) is 4. The van der Waals surface area contributed by atoms with E-state index in [9.17, 15) is 14.0 Å². The Hall–Kier alpha value is -2.22. The fraction of sp³-hybridized carbons (Fsp3) is 0.182. The summed E-state index contributed by atoms with van der Waals surface area (Å²) in [6.45, 7) is -1.19. The van der Waals surface area contributed by atoms with Crippen molar-refractivity contribution in [3.05, 3.63) is 35.5 Å². The van der Waals surface area contributed by atoms with E-state index in [0.717, 1.165) is 0 Å². The molecule has 4 nitrogen and oxygen atoms in total. The summed E-state index contributed by atoms with van der Waals surface area (Å²) in [5.74, 6) is -1.11. The first kappa shape index (κ1) is 11.9. The van der Waals surface area contributed by atoms with Crippen LogP contribution in [0.2, 0.25) is 0 Å². The third-order valence-electron chi connectivity index (χ3n) is 1.77. The van der Waals surface area contributed by atoms with Crippen molar-refractivity contribution in [2.75, 3.05) is 13.3 Å². The molecule has 0 spiro atoms. The Labute approximate surface area is 91.3 Å². The maximum Gasteiger partial charge on any atom is 0.349 e. The molecule has 0 saturated carbocycles. The van der Waals surface area contributed by atoms with Gasteiger partial charge in [0.05, 0.1) is 0 Å². The Morgan fingerprint density at radius 2 is 2.00 bits per heavy atom. The van der Waals surface area contributed by atoms with E-state index >= 15 is 0 Å². The monoisotopic (exact) mass is 221 g/mol. The zero-order valence-corrected chi connectivity index (χ0v) is 8.27. The summed E-state index contributed by atoms with van der Waals surface area (Å²) in [6, 6.07) is 1.66. The summed E-state index contributed by atoms with van der Waals surface area (Å²) in [5.41, 5.74) is 0.0411. The van der Waals surface area contributed by atoms with Gasteiger partial charge in [0.1, 0.15) is 24.9 Å². The number of nitrogens with zero attached hydrogens (tertiary/aromatic N) is 1. The van der Waals surface area contributed by atoms with Crippen LogP contribution in [0, 0.1) is 11.3 Å². The van der Waals surface area contributed by atoms with Crippen molar-refractivity contribution >= 4 is 11.8 Å². The average Bonchev–Trinajstić information content (AvgIpc) is 2.30. The molecule has 0 aromatic carbocycles. The highest BCUT2D eigenvalue weighted by Crippen LogP contribution is 2.13. The van der Waals surface area contributed by atoms with E-state index in [0.29, 0.717) is 0 Å². The molecule has 1 rings (SSSR count). The van der Waals surface area contributed by atoms with Gasteiger partial charge in [-0.25, -0.2) is 9.18 Å². The van der Waals surface area contributed by atoms with Crippen LogP contribution in [0.4, 0.5) is 4.39 Å². The summed E-state index contributed by atoms with van der Waals surface area (Å²) < 4.78 is 16.2. The van der Waals surface area contributed by atoms with Crippen molar-refractivity contribution in [1.82, 2.24) is 0 Å². The fourth-order valence-corrected chi connectivity index (χ4v) is 1.05. The SMILES string of the molecule is N#CC(C(=O)OCCF)=C1C=CC(=O)C=C1. The molecule has 16 heavy (non-hydrogen) atoms. The van der Waals surface area contributed by atoms with Crippen LogP contribution >= 0.6 is 0 Å². The number of carbonyl (C=O) groups excluding carboxylic acids is 2. The maximum absolute atomic E-state index is 11.8. The Balaban J connectivity index is 2.90. The molecule has 82 valence electrons. The number of rotatable bonds is 3. The van der Waals surface area contributed by atoms with Crippen molar-refractivity contribution in [3.8, 4) is 6.07 Å². The molecule has 0 aromatic heterocycles. The quantitative estimate of drug-likeness (QED) is 0.405. The zero-order chi connectivity index (χ0) is 12.0. The van der Waals surface area contributed by atoms with Gasteiger partial charge in [0.25, 0.3) is 0 Å². The molecule has 0 aromatic rings. The average molecular weight is 221 g/mol. The van der Waals surface area contributed by atoms with E-state index in [2.05, 4.69) is 4.74 Å². The van der Waals surface area contributed by atoms with Crippen LogP contribution in [-0.2, 0) is 14.3 Å². The number of nitriles is 1. The Morgan fingerprint density at radius 1 is 1.38 bits per heavy atom.